The molecule has 2 aromatic heterocycles. The molecule has 0 aliphatic carbocycles. The van der Waals surface area contributed by atoms with Crippen LogP contribution >= 0.6 is 11.6 Å². The Bertz CT molecular complexity index is 1210. The quantitative estimate of drug-likeness (QED) is 0.417. The normalized spacial score (nSPS) is 10.8. The Morgan fingerprint density at radius 2 is 1.62 bits per heavy atom. The van der Waals surface area contributed by atoms with Gasteiger partial charge in [0.25, 0.3) is 5.91 Å². The van der Waals surface area contributed by atoms with Crippen LogP contribution in [0.3, 0.4) is 0 Å². The molecule has 162 valence electrons. The summed E-state index contributed by atoms with van der Waals surface area (Å²) in [7, 11) is 3.59. The van der Waals surface area contributed by atoms with Crippen LogP contribution in [0.2, 0.25) is 5.02 Å². The van der Waals surface area contributed by atoms with E-state index in [1.54, 1.807) is 48.3 Å². The topological polar surface area (TPSA) is 54.3 Å². The number of hydrogen-bond donors (Lipinski definition) is 0. The van der Waals surface area contributed by atoms with Crippen molar-refractivity contribution in [1.29, 1.82) is 0 Å². The lowest BCUT2D eigenvalue weighted by molar-refractivity contribution is 0.0981. The number of carbonyl (C=O) groups is 1. The number of rotatable bonds is 6. The first-order valence-electron chi connectivity index (χ1n) is 9.91. The summed E-state index contributed by atoms with van der Waals surface area (Å²) >= 11 is 6.04. The van der Waals surface area contributed by atoms with Crippen molar-refractivity contribution in [2.45, 2.75) is 6.54 Å². The highest BCUT2D eigenvalue weighted by molar-refractivity contribution is 6.30. The molecule has 8 heteroatoms. The minimum absolute atomic E-state index is 0.247. The minimum Gasteiger partial charge on any atom is -0.369 e. The van der Waals surface area contributed by atoms with Gasteiger partial charge in [-0.3, -0.25) is 14.3 Å². The second kappa shape index (κ2) is 9.20. The molecule has 0 spiro atoms. The molecule has 0 aliphatic heterocycles. The average molecular weight is 450 g/mol. The highest BCUT2D eigenvalue weighted by Gasteiger charge is 2.22. The summed E-state index contributed by atoms with van der Waals surface area (Å²) in [6.45, 7) is 0.491. The molecule has 0 bridgehead atoms. The molecule has 6 nitrogen and oxygen atoms in total. The molecule has 0 atom stereocenters. The molecule has 2 heterocycles. The van der Waals surface area contributed by atoms with Crippen molar-refractivity contribution in [2.24, 2.45) is 0 Å². The van der Waals surface area contributed by atoms with Crippen LogP contribution in [-0.2, 0) is 6.54 Å². The van der Waals surface area contributed by atoms with E-state index in [9.17, 15) is 9.18 Å². The number of aromatic nitrogens is 3. The van der Waals surface area contributed by atoms with Crippen LogP contribution in [0, 0.1) is 5.82 Å². The summed E-state index contributed by atoms with van der Waals surface area (Å²) in [4.78, 5) is 25.5. The van der Waals surface area contributed by atoms with Crippen LogP contribution in [-0.4, -0.2) is 34.5 Å². The van der Waals surface area contributed by atoms with E-state index >= 15 is 0 Å². The van der Waals surface area contributed by atoms with Gasteiger partial charge in [-0.1, -0.05) is 11.6 Å². The molecule has 0 saturated heterocycles. The largest absolute Gasteiger partial charge is 0.369 e. The lowest BCUT2D eigenvalue weighted by Gasteiger charge is -2.18. The van der Waals surface area contributed by atoms with E-state index in [2.05, 4.69) is 9.97 Å². The zero-order valence-electron chi connectivity index (χ0n) is 17.6. The van der Waals surface area contributed by atoms with Gasteiger partial charge in [0.05, 0.1) is 12.2 Å². The molecule has 1 amide bonds. The van der Waals surface area contributed by atoms with Gasteiger partial charge in [0.2, 0.25) is 5.82 Å². The van der Waals surface area contributed by atoms with Gasteiger partial charge in [-0.2, -0.15) is 0 Å². The number of pyridine rings is 1. The highest BCUT2D eigenvalue weighted by atomic mass is 35.5. The van der Waals surface area contributed by atoms with E-state index in [1.807, 2.05) is 42.4 Å². The van der Waals surface area contributed by atoms with Crippen LogP contribution in [0.4, 0.5) is 15.8 Å². The molecule has 32 heavy (non-hydrogen) atoms. The van der Waals surface area contributed by atoms with Crippen molar-refractivity contribution in [3.8, 4) is 5.69 Å². The van der Waals surface area contributed by atoms with E-state index in [0.29, 0.717) is 17.3 Å². The number of amides is 1. The number of carbonyl (C=O) groups excluding carboxylic acids is 1. The number of anilines is 2. The fourth-order valence-electron chi connectivity index (χ4n) is 3.32. The SMILES string of the molecule is CN(Cc1cn(-c2ccc(Cl)cc2)c(C(=O)N(C)c2ccc(F)cc2)n1)c1ccncc1. The predicted octanol–water partition coefficient (Wildman–Crippen LogP) is 4.97. The van der Waals surface area contributed by atoms with E-state index in [4.69, 9.17) is 11.6 Å². The Kier molecular flexibility index (Phi) is 6.18. The molecule has 0 fully saturated rings. The lowest BCUT2D eigenvalue weighted by Crippen LogP contribution is -2.29. The Hall–Kier alpha value is -3.71. The van der Waals surface area contributed by atoms with Crippen LogP contribution < -0.4 is 9.80 Å². The summed E-state index contributed by atoms with van der Waals surface area (Å²) < 4.78 is 15.1. The van der Waals surface area contributed by atoms with Crippen molar-refractivity contribution < 1.29 is 9.18 Å². The van der Waals surface area contributed by atoms with Crippen LogP contribution in [0.1, 0.15) is 16.3 Å². The molecule has 0 aliphatic rings. The first-order valence-corrected chi connectivity index (χ1v) is 10.3. The third-order valence-corrected chi connectivity index (χ3v) is 5.33. The summed E-state index contributed by atoms with van der Waals surface area (Å²) in [6, 6.07) is 16.7. The first kappa shape index (κ1) is 21.5. The van der Waals surface area contributed by atoms with E-state index < -0.39 is 0 Å². The highest BCUT2D eigenvalue weighted by Crippen LogP contribution is 2.22. The smallest absolute Gasteiger partial charge is 0.294 e. The number of hydrogen-bond acceptors (Lipinski definition) is 4. The van der Waals surface area contributed by atoms with Gasteiger partial charge < -0.3 is 9.80 Å². The van der Waals surface area contributed by atoms with E-state index in [0.717, 1.165) is 17.1 Å². The van der Waals surface area contributed by atoms with Crippen molar-refractivity contribution >= 4 is 28.9 Å². The number of nitrogens with zero attached hydrogens (tertiary/aromatic N) is 5. The van der Waals surface area contributed by atoms with Crippen LogP contribution in [0.5, 0.6) is 0 Å². The zero-order chi connectivity index (χ0) is 22.7. The molecule has 4 aromatic rings. The van der Waals surface area contributed by atoms with Crippen molar-refractivity contribution in [3.05, 3.63) is 102 Å². The molecule has 2 aromatic carbocycles. The maximum atomic E-state index is 13.4. The molecule has 0 saturated carbocycles. The van der Waals surface area contributed by atoms with E-state index in [1.165, 1.54) is 17.0 Å². The van der Waals surface area contributed by atoms with Gasteiger partial charge in [0, 0.05) is 54.8 Å². The van der Waals surface area contributed by atoms with Crippen molar-refractivity contribution in [1.82, 2.24) is 14.5 Å². The molecular weight excluding hydrogens is 429 g/mol. The van der Waals surface area contributed by atoms with Gasteiger partial charge in [0.1, 0.15) is 5.82 Å². The molecule has 4 rings (SSSR count). The maximum Gasteiger partial charge on any atom is 0.294 e. The second-order valence-corrected chi connectivity index (χ2v) is 7.74. The van der Waals surface area contributed by atoms with Gasteiger partial charge in [0.15, 0.2) is 0 Å². The molecule has 0 radical (unpaired) electrons. The Balaban J connectivity index is 1.69. The third kappa shape index (κ3) is 4.63. The number of benzene rings is 2. The standard InChI is InChI=1S/C24H21ClFN5O/c1-29(20-11-13-27-14-12-20)15-19-16-31(22-7-3-17(25)4-8-22)23(28-19)24(32)30(2)21-9-5-18(26)6-10-21/h3-14,16H,15H2,1-2H3. The molecule has 0 N–H and O–H groups in total. The van der Waals surface area contributed by atoms with Gasteiger partial charge >= 0.3 is 0 Å². The van der Waals surface area contributed by atoms with Gasteiger partial charge in [-0.05, 0) is 60.7 Å². The summed E-state index contributed by atoms with van der Waals surface area (Å²) in [6.07, 6.45) is 5.29. The van der Waals surface area contributed by atoms with Crippen LogP contribution in [0.15, 0.2) is 79.3 Å². The number of imidazole rings is 1. The molecular formula is C24H21ClFN5O. The second-order valence-electron chi connectivity index (χ2n) is 7.30. The number of halogens is 2. The first-order chi connectivity index (χ1) is 15.4. The zero-order valence-corrected chi connectivity index (χ0v) is 18.4. The van der Waals surface area contributed by atoms with Gasteiger partial charge in [-0.25, -0.2) is 9.37 Å². The van der Waals surface area contributed by atoms with Crippen molar-refractivity contribution in [3.63, 3.8) is 0 Å². The Morgan fingerprint density at radius 1 is 0.969 bits per heavy atom. The molecule has 0 unspecified atom stereocenters. The minimum atomic E-state index is -0.362. The Labute approximate surface area is 190 Å². The lowest BCUT2D eigenvalue weighted by atomic mass is 10.2. The van der Waals surface area contributed by atoms with Crippen LogP contribution in [0.25, 0.3) is 5.69 Å². The monoisotopic (exact) mass is 449 g/mol. The fourth-order valence-corrected chi connectivity index (χ4v) is 3.45. The summed E-state index contributed by atoms with van der Waals surface area (Å²) in [5.74, 6) is -0.430. The maximum absolute atomic E-state index is 13.4. The fraction of sp³-hybridized carbons (Fsp3) is 0.125. The Morgan fingerprint density at radius 3 is 2.28 bits per heavy atom. The van der Waals surface area contributed by atoms with Gasteiger partial charge in [-0.15, -0.1) is 0 Å². The summed E-state index contributed by atoms with van der Waals surface area (Å²) in [5.41, 5.74) is 3.03. The summed E-state index contributed by atoms with van der Waals surface area (Å²) in [5, 5.41) is 0.600. The van der Waals surface area contributed by atoms with Crippen molar-refractivity contribution in [2.75, 3.05) is 23.9 Å². The predicted molar refractivity (Wildman–Crippen MR) is 124 cm³/mol. The average Bonchev–Trinajstić information content (AvgIpc) is 3.23. The van der Waals surface area contributed by atoms with E-state index in [-0.39, 0.29) is 17.5 Å². The third-order valence-electron chi connectivity index (χ3n) is 5.07.